The quantitative estimate of drug-likeness (QED) is 0.725. The normalized spacial score (nSPS) is 26.1. The van der Waals surface area contributed by atoms with Gasteiger partial charge in [0.2, 0.25) is 0 Å². The molecule has 86 valence electrons. The van der Waals surface area contributed by atoms with E-state index in [0.29, 0.717) is 12.0 Å². The minimum absolute atomic E-state index is 0.373. The Labute approximate surface area is 92.9 Å². The molecule has 2 nitrogen and oxygen atoms in total. The molecule has 0 aromatic heterocycles. The standard InChI is InChI=1S/C13H23NO/c14-13(12-6-8-15-9-7-12)10-11-4-2-1-3-5-11/h4,12-13H,1-3,5-10,14H2. The fourth-order valence-corrected chi connectivity index (χ4v) is 2.70. The molecular formula is C13H23NO. The molecule has 1 unspecified atom stereocenters. The van der Waals surface area contributed by atoms with Crippen molar-refractivity contribution in [2.45, 2.75) is 51.0 Å². The van der Waals surface area contributed by atoms with Gasteiger partial charge >= 0.3 is 0 Å². The summed E-state index contributed by atoms with van der Waals surface area (Å²) in [5.41, 5.74) is 7.89. The van der Waals surface area contributed by atoms with Crippen molar-refractivity contribution in [2.75, 3.05) is 13.2 Å². The third kappa shape index (κ3) is 3.32. The minimum Gasteiger partial charge on any atom is -0.381 e. The smallest absolute Gasteiger partial charge is 0.0469 e. The Morgan fingerprint density at radius 1 is 1.33 bits per heavy atom. The van der Waals surface area contributed by atoms with Crippen LogP contribution < -0.4 is 5.73 Å². The van der Waals surface area contributed by atoms with Gasteiger partial charge in [0.1, 0.15) is 0 Å². The van der Waals surface area contributed by atoms with Gasteiger partial charge < -0.3 is 10.5 Å². The Morgan fingerprint density at radius 2 is 2.13 bits per heavy atom. The topological polar surface area (TPSA) is 35.2 Å². The molecule has 2 N–H and O–H groups in total. The van der Waals surface area contributed by atoms with Crippen molar-refractivity contribution in [1.29, 1.82) is 0 Å². The Bertz CT molecular complexity index is 219. The second kappa shape index (κ2) is 5.66. The molecule has 0 bridgehead atoms. The molecule has 1 saturated heterocycles. The van der Waals surface area contributed by atoms with Crippen LogP contribution in [-0.4, -0.2) is 19.3 Å². The van der Waals surface area contributed by atoms with Gasteiger partial charge in [-0.05, 0) is 50.9 Å². The lowest BCUT2D eigenvalue weighted by Crippen LogP contribution is -2.34. The van der Waals surface area contributed by atoms with Crippen molar-refractivity contribution in [1.82, 2.24) is 0 Å². The molecule has 1 aliphatic heterocycles. The van der Waals surface area contributed by atoms with Crippen LogP contribution in [0.1, 0.15) is 44.9 Å². The van der Waals surface area contributed by atoms with Crippen molar-refractivity contribution in [3.8, 4) is 0 Å². The van der Waals surface area contributed by atoms with Crippen LogP contribution in [0.2, 0.25) is 0 Å². The second-order valence-corrected chi connectivity index (χ2v) is 4.93. The van der Waals surface area contributed by atoms with E-state index in [4.69, 9.17) is 10.5 Å². The zero-order chi connectivity index (χ0) is 10.5. The van der Waals surface area contributed by atoms with E-state index in [-0.39, 0.29) is 0 Å². The van der Waals surface area contributed by atoms with E-state index in [9.17, 15) is 0 Å². The van der Waals surface area contributed by atoms with Crippen molar-refractivity contribution < 1.29 is 4.74 Å². The van der Waals surface area contributed by atoms with Gasteiger partial charge in [-0.15, -0.1) is 0 Å². The van der Waals surface area contributed by atoms with Crippen molar-refractivity contribution in [2.24, 2.45) is 11.7 Å². The third-order valence-corrected chi connectivity index (χ3v) is 3.75. The number of rotatable bonds is 3. The lowest BCUT2D eigenvalue weighted by molar-refractivity contribution is 0.0583. The van der Waals surface area contributed by atoms with Crippen LogP contribution in [0, 0.1) is 5.92 Å². The first-order valence-corrected chi connectivity index (χ1v) is 6.37. The summed E-state index contributed by atoms with van der Waals surface area (Å²) >= 11 is 0. The van der Waals surface area contributed by atoms with E-state index in [2.05, 4.69) is 6.08 Å². The number of hydrogen-bond acceptors (Lipinski definition) is 2. The molecule has 0 spiro atoms. The molecule has 0 saturated carbocycles. The first kappa shape index (κ1) is 11.2. The monoisotopic (exact) mass is 209 g/mol. The number of hydrogen-bond donors (Lipinski definition) is 1. The van der Waals surface area contributed by atoms with Gasteiger partial charge in [-0.2, -0.15) is 0 Å². The zero-order valence-electron chi connectivity index (χ0n) is 9.58. The highest BCUT2D eigenvalue weighted by Gasteiger charge is 2.21. The van der Waals surface area contributed by atoms with E-state index in [1.807, 2.05) is 0 Å². The molecule has 2 rings (SSSR count). The van der Waals surface area contributed by atoms with Crippen LogP contribution in [0.15, 0.2) is 11.6 Å². The molecule has 0 radical (unpaired) electrons. The zero-order valence-corrected chi connectivity index (χ0v) is 9.58. The molecule has 1 heterocycles. The van der Waals surface area contributed by atoms with Gasteiger partial charge in [0.15, 0.2) is 0 Å². The van der Waals surface area contributed by atoms with E-state index >= 15 is 0 Å². The fraction of sp³-hybridized carbons (Fsp3) is 0.846. The van der Waals surface area contributed by atoms with Crippen LogP contribution >= 0.6 is 0 Å². The Morgan fingerprint density at radius 3 is 2.80 bits per heavy atom. The predicted octanol–water partition coefficient (Wildman–Crippen LogP) is 2.63. The maximum atomic E-state index is 6.28. The van der Waals surface area contributed by atoms with E-state index in [0.717, 1.165) is 32.5 Å². The van der Waals surface area contributed by atoms with E-state index in [1.54, 1.807) is 5.57 Å². The maximum absolute atomic E-state index is 6.28. The largest absolute Gasteiger partial charge is 0.381 e. The first-order chi connectivity index (χ1) is 7.36. The van der Waals surface area contributed by atoms with Gasteiger partial charge in [-0.25, -0.2) is 0 Å². The number of nitrogens with two attached hydrogens (primary N) is 1. The predicted molar refractivity (Wildman–Crippen MR) is 62.7 cm³/mol. The van der Waals surface area contributed by atoms with Crippen molar-refractivity contribution >= 4 is 0 Å². The molecular weight excluding hydrogens is 186 g/mol. The Balaban J connectivity index is 1.79. The van der Waals surface area contributed by atoms with Crippen LogP contribution in [-0.2, 0) is 4.74 Å². The van der Waals surface area contributed by atoms with E-state index in [1.165, 1.54) is 25.7 Å². The summed E-state index contributed by atoms with van der Waals surface area (Å²) < 4.78 is 5.37. The summed E-state index contributed by atoms with van der Waals surface area (Å²) in [5, 5.41) is 0. The third-order valence-electron chi connectivity index (χ3n) is 3.75. The molecule has 15 heavy (non-hydrogen) atoms. The molecule has 1 aliphatic carbocycles. The number of allylic oxidation sites excluding steroid dienone is 1. The van der Waals surface area contributed by atoms with Crippen LogP contribution in [0.25, 0.3) is 0 Å². The summed E-state index contributed by atoms with van der Waals surface area (Å²) in [5.74, 6) is 0.696. The highest BCUT2D eigenvalue weighted by molar-refractivity contribution is 5.07. The Kier molecular flexibility index (Phi) is 4.21. The summed E-state index contributed by atoms with van der Waals surface area (Å²) in [7, 11) is 0. The van der Waals surface area contributed by atoms with Crippen molar-refractivity contribution in [3.63, 3.8) is 0 Å². The highest BCUT2D eigenvalue weighted by atomic mass is 16.5. The van der Waals surface area contributed by atoms with Crippen molar-refractivity contribution in [3.05, 3.63) is 11.6 Å². The Hall–Kier alpha value is -0.340. The van der Waals surface area contributed by atoms with Crippen LogP contribution in [0.3, 0.4) is 0 Å². The summed E-state index contributed by atoms with van der Waals surface area (Å²) in [6.45, 7) is 1.83. The molecule has 2 aliphatic rings. The molecule has 0 aromatic carbocycles. The summed E-state index contributed by atoms with van der Waals surface area (Å²) in [6.07, 6.45) is 11.2. The van der Waals surface area contributed by atoms with Crippen LogP contribution in [0.5, 0.6) is 0 Å². The summed E-state index contributed by atoms with van der Waals surface area (Å²) in [4.78, 5) is 0. The lowest BCUT2D eigenvalue weighted by Gasteiger charge is -2.28. The van der Waals surface area contributed by atoms with Gasteiger partial charge in [-0.1, -0.05) is 11.6 Å². The highest BCUT2D eigenvalue weighted by Crippen LogP contribution is 2.26. The average Bonchev–Trinajstić information content (AvgIpc) is 2.31. The van der Waals surface area contributed by atoms with Gasteiger partial charge in [0.05, 0.1) is 0 Å². The lowest BCUT2D eigenvalue weighted by atomic mass is 9.85. The molecule has 1 fully saturated rings. The molecule has 0 aromatic rings. The summed E-state index contributed by atoms with van der Waals surface area (Å²) in [6, 6.07) is 0.373. The molecule has 0 amide bonds. The van der Waals surface area contributed by atoms with Gasteiger partial charge in [0.25, 0.3) is 0 Å². The SMILES string of the molecule is NC(CC1=CCCCC1)C1CCOCC1. The maximum Gasteiger partial charge on any atom is 0.0469 e. The fourth-order valence-electron chi connectivity index (χ4n) is 2.70. The molecule has 1 atom stereocenters. The van der Waals surface area contributed by atoms with Gasteiger partial charge in [0, 0.05) is 19.3 Å². The average molecular weight is 209 g/mol. The van der Waals surface area contributed by atoms with Crippen LogP contribution in [0.4, 0.5) is 0 Å². The van der Waals surface area contributed by atoms with E-state index < -0.39 is 0 Å². The minimum atomic E-state index is 0.373. The van der Waals surface area contributed by atoms with Gasteiger partial charge in [-0.3, -0.25) is 0 Å². The second-order valence-electron chi connectivity index (χ2n) is 4.93. The first-order valence-electron chi connectivity index (χ1n) is 6.37. The molecule has 2 heteroatoms. The number of ether oxygens (including phenoxy) is 1.